The molecule has 2 aromatic rings. The number of ether oxygens (including phenoxy) is 1. The first-order valence-electron chi connectivity index (χ1n) is 10.6. The van der Waals surface area contributed by atoms with Gasteiger partial charge in [-0.3, -0.25) is 0 Å². The van der Waals surface area contributed by atoms with Crippen molar-refractivity contribution >= 4 is 11.7 Å². The molecule has 2 saturated carbocycles. The number of methoxy groups -OCH3 is 1. The molecule has 13 heteroatoms. The zero-order chi connectivity index (χ0) is 23.7. The van der Waals surface area contributed by atoms with E-state index < -0.39 is 54.6 Å². The van der Waals surface area contributed by atoms with Crippen LogP contribution in [0.15, 0.2) is 18.5 Å². The first-order valence-corrected chi connectivity index (χ1v) is 10.6. The van der Waals surface area contributed by atoms with E-state index in [0.717, 1.165) is 4.90 Å². The number of halogens is 5. The Hall–Kier alpha value is -2.54. The number of nitrogens with one attached hydrogen (secondary N) is 1. The van der Waals surface area contributed by atoms with Crippen molar-refractivity contribution in [2.24, 2.45) is 23.5 Å². The summed E-state index contributed by atoms with van der Waals surface area (Å²) < 4.78 is 72.9. The molecule has 0 bridgehead atoms. The molecule has 0 radical (unpaired) electrons. The Bertz CT molecular complexity index is 1060. The molecule has 2 amide bonds. The molecular formula is C20H23F5N6O2. The smallest absolute Gasteiger partial charge is 0.382 e. The second-order valence-electron chi connectivity index (χ2n) is 9.07. The van der Waals surface area contributed by atoms with Gasteiger partial charge in [0, 0.05) is 24.5 Å². The molecule has 33 heavy (non-hydrogen) atoms. The summed E-state index contributed by atoms with van der Waals surface area (Å²) in [5.41, 5.74) is 7.67. The Kier molecular flexibility index (Phi) is 5.05. The second kappa shape index (κ2) is 7.49. The number of nitrogens with zero attached hydrogens (tertiary/aromatic N) is 4. The van der Waals surface area contributed by atoms with Gasteiger partial charge >= 0.3 is 12.2 Å². The zero-order valence-electron chi connectivity index (χ0n) is 17.6. The fourth-order valence-electron chi connectivity index (χ4n) is 5.17. The summed E-state index contributed by atoms with van der Waals surface area (Å²) in [6.07, 6.45) is -0.798. The molecule has 5 rings (SSSR count). The van der Waals surface area contributed by atoms with Crippen LogP contribution < -0.4 is 11.1 Å². The highest BCUT2D eigenvalue weighted by molar-refractivity contribution is 5.77. The molecule has 2 unspecified atom stereocenters. The Morgan fingerprint density at radius 3 is 2.64 bits per heavy atom. The van der Waals surface area contributed by atoms with E-state index >= 15 is 0 Å². The molecule has 180 valence electrons. The van der Waals surface area contributed by atoms with Gasteiger partial charge in [-0.05, 0) is 24.8 Å². The fraction of sp³-hybridized carbons (Fsp3) is 0.650. The average Bonchev–Trinajstić information content (AvgIpc) is 3.29. The number of nitrogens with two attached hydrogens (primary N) is 1. The third-order valence-electron chi connectivity index (χ3n) is 7.11. The van der Waals surface area contributed by atoms with E-state index in [-0.39, 0.29) is 12.5 Å². The van der Waals surface area contributed by atoms with Gasteiger partial charge in [-0.1, -0.05) is 0 Å². The maximum Gasteiger partial charge on any atom is 0.410 e. The predicted octanol–water partition coefficient (Wildman–Crippen LogP) is 2.66. The summed E-state index contributed by atoms with van der Waals surface area (Å²) in [5.74, 6) is -3.87. The lowest BCUT2D eigenvalue weighted by atomic mass is 9.93. The van der Waals surface area contributed by atoms with Crippen molar-refractivity contribution in [3.63, 3.8) is 0 Å². The van der Waals surface area contributed by atoms with Gasteiger partial charge < -0.3 is 20.7 Å². The maximum atomic E-state index is 13.5. The van der Waals surface area contributed by atoms with Crippen LogP contribution in [0.25, 0.3) is 5.65 Å². The van der Waals surface area contributed by atoms with Crippen LogP contribution in [0.1, 0.15) is 36.2 Å². The lowest BCUT2D eigenvalue weighted by Crippen LogP contribution is -2.40. The van der Waals surface area contributed by atoms with E-state index in [2.05, 4.69) is 10.1 Å². The van der Waals surface area contributed by atoms with Gasteiger partial charge in [-0.25, -0.2) is 23.1 Å². The first-order chi connectivity index (χ1) is 15.5. The van der Waals surface area contributed by atoms with E-state index in [1.165, 1.54) is 17.8 Å². The second-order valence-corrected chi connectivity index (χ2v) is 9.07. The number of carbonyl (C=O) groups is 1. The van der Waals surface area contributed by atoms with Crippen LogP contribution in [0.2, 0.25) is 0 Å². The van der Waals surface area contributed by atoms with E-state index in [1.54, 1.807) is 12.3 Å². The predicted molar refractivity (Wildman–Crippen MR) is 104 cm³/mol. The van der Waals surface area contributed by atoms with Gasteiger partial charge in [-0.15, -0.1) is 0 Å². The highest BCUT2D eigenvalue weighted by atomic mass is 19.4. The van der Waals surface area contributed by atoms with Gasteiger partial charge in [0.1, 0.15) is 6.04 Å². The standard InChI is InChI=1S/C20H23F5N6O2/c1-33-8-14(30-7-15(20(23,24)25)29-18(30)32)10-4-16-28-13(6-31(16)27-5-10)17(26)9-2-11-12(3-9)19(11,21)22/h4-6,9,11-12,14-15,17H,2-3,7-8,26H2,1H3,(H,29,32)/t9?,11-,12+,14-,15+,17?/m1/s1. The number of urea groups is 1. The summed E-state index contributed by atoms with van der Waals surface area (Å²) >= 11 is 0. The number of alkyl halides is 5. The van der Waals surface area contributed by atoms with Crippen molar-refractivity contribution in [3.8, 4) is 0 Å². The highest BCUT2D eigenvalue weighted by Crippen LogP contribution is 2.66. The van der Waals surface area contributed by atoms with Crippen molar-refractivity contribution in [1.29, 1.82) is 0 Å². The number of rotatable bonds is 6. The van der Waals surface area contributed by atoms with E-state index in [0.29, 0.717) is 29.7 Å². The maximum absolute atomic E-state index is 13.5. The number of hydrogen-bond acceptors (Lipinski definition) is 5. The molecule has 1 saturated heterocycles. The summed E-state index contributed by atoms with van der Waals surface area (Å²) in [4.78, 5) is 17.8. The summed E-state index contributed by atoms with van der Waals surface area (Å²) in [6, 6.07) is -2.53. The minimum Gasteiger partial charge on any atom is -0.382 e. The molecule has 6 atom stereocenters. The average molecular weight is 474 g/mol. The largest absolute Gasteiger partial charge is 0.410 e. The SMILES string of the molecule is COC[C@H](c1cnn2cc(C(N)C3C[C@@H]4[C@H](C3)C4(F)F)nc2c1)N1C[C@@H](C(F)(F)F)NC1=O. The van der Waals surface area contributed by atoms with Gasteiger partial charge in [0.25, 0.3) is 5.92 Å². The molecule has 2 aromatic heterocycles. The molecule has 3 heterocycles. The van der Waals surface area contributed by atoms with Crippen molar-refractivity contribution in [2.45, 2.75) is 43.1 Å². The van der Waals surface area contributed by atoms with Crippen molar-refractivity contribution < 1.29 is 31.5 Å². The van der Waals surface area contributed by atoms with Gasteiger partial charge in [-0.2, -0.15) is 18.3 Å². The van der Waals surface area contributed by atoms with E-state index in [9.17, 15) is 26.7 Å². The molecule has 3 aliphatic rings. The van der Waals surface area contributed by atoms with E-state index in [4.69, 9.17) is 10.5 Å². The Labute approximate surface area is 185 Å². The lowest BCUT2D eigenvalue weighted by Gasteiger charge is -2.26. The summed E-state index contributed by atoms with van der Waals surface area (Å²) in [5, 5.41) is 6.22. The number of amides is 2. The third kappa shape index (κ3) is 3.70. The van der Waals surface area contributed by atoms with Crippen molar-refractivity contribution in [3.05, 3.63) is 29.7 Å². The molecule has 1 aliphatic heterocycles. The number of aromatic nitrogens is 3. The molecule has 0 aromatic carbocycles. The van der Waals surface area contributed by atoms with Gasteiger partial charge in [0.2, 0.25) is 0 Å². The molecule has 8 nitrogen and oxygen atoms in total. The molecule has 2 aliphatic carbocycles. The quantitative estimate of drug-likeness (QED) is 0.628. The lowest BCUT2D eigenvalue weighted by molar-refractivity contribution is -0.150. The van der Waals surface area contributed by atoms with Crippen LogP contribution in [-0.2, 0) is 4.74 Å². The minimum absolute atomic E-state index is 0.0397. The van der Waals surface area contributed by atoms with Crippen LogP contribution in [0, 0.1) is 17.8 Å². The number of fused-ring (bicyclic) bond motifs is 2. The Balaban J connectivity index is 1.36. The normalized spacial score (nSPS) is 30.4. The molecule has 0 spiro atoms. The number of imidazole rings is 1. The third-order valence-corrected chi connectivity index (χ3v) is 7.11. The minimum atomic E-state index is -4.57. The van der Waals surface area contributed by atoms with Crippen LogP contribution >= 0.6 is 0 Å². The molecule has 3 N–H and O–H groups in total. The van der Waals surface area contributed by atoms with Crippen LogP contribution in [0.4, 0.5) is 26.7 Å². The topological polar surface area (TPSA) is 97.8 Å². The van der Waals surface area contributed by atoms with E-state index in [1.807, 2.05) is 5.32 Å². The van der Waals surface area contributed by atoms with Crippen LogP contribution in [-0.4, -0.2) is 63.9 Å². The fourth-order valence-corrected chi connectivity index (χ4v) is 5.17. The summed E-state index contributed by atoms with van der Waals surface area (Å²) in [7, 11) is 1.39. The number of hydrogen-bond donors (Lipinski definition) is 2. The molecule has 3 fully saturated rings. The van der Waals surface area contributed by atoms with Crippen molar-refractivity contribution in [2.75, 3.05) is 20.3 Å². The Morgan fingerprint density at radius 2 is 2.03 bits per heavy atom. The monoisotopic (exact) mass is 474 g/mol. The zero-order valence-corrected chi connectivity index (χ0v) is 17.6. The van der Waals surface area contributed by atoms with Gasteiger partial charge in [0.05, 0.1) is 43.3 Å². The summed E-state index contributed by atoms with van der Waals surface area (Å²) in [6.45, 7) is -0.594. The Morgan fingerprint density at radius 1 is 1.33 bits per heavy atom. The molecular weight excluding hydrogens is 451 g/mol. The van der Waals surface area contributed by atoms with Crippen LogP contribution in [0.3, 0.4) is 0 Å². The number of carbonyl (C=O) groups excluding carboxylic acids is 1. The first kappa shape index (κ1) is 22.3. The van der Waals surface area contributed by atoms with Crippen LogP contribution in [0.5, 0.6) is 0 Å². The highest BCUT2D eigenvalue weighted by Gasteiger charge is 2.71. The van der Waals surface area contributed by atoms with Gasteiger partial charge in [0.15, 0.2) is 5.65 Å². The van der Waals surface area contributed by atoms with Crippen molar-refractivity contribution in [1.82, 2.24) is 24.8 Å².